The minimum atomic E-state index is 0.420. The molecule has 0 saturated heterocycles. The monoisotopic (exact) mass is 316 g/mol. The van der Waals surface area contributed by atoms with Crippen LogP contribution in [0, 0.1) is 11.3 Å². The molecule has 3 nitrogen and oxygen atoms in total. The van der Waals surface area contributed by atoms with E-state index >= 15 is 0 Å². The van der Waals surface area contributed by atoms with Gasteiger partial charge in [0.25, 0.3) is 0 Å². The van der Waals surface area contributed by atoms with Crippen LogP contribution in [0.2, 0.25) is 0 Å². The number of halogens is 1. The highest BCUT2D eigenvalue weighted by Crippen LogP contribution is 2.22. The summed E-state index contributed by atoms with van der Waals surface area (Å²) in [5.41, 5.74) is 8.43. The van der Waals surface area contributed by atoms with E-state index in [4.69, 9.17) is 15.7 Å². The van der Waals surface area contributed by atoms with Crippen LogP contribution in [0.15, 0.2) is 46.9 Å². The van der Waals surface area contributed by atoms with E-state index in [0.717, 1.165) is 27.0 Å². The third-order valence-electron chi connectivity index (χ3n) is 2.68. The van der Waals surface area contributed by atoms with Gasteiger partial charge in [0.15, 0.2) is 0 Å². The van der Waals surface area contributed by atoms with E-state index in [2.05, 4.69) is 22.0 Å². The molecule has 0 spiro atoms. The largest absolute Gasteiger partial charge is 0.489 e. The molecule has 0 atom stereocenters. The molecule has 0 aromatic heterocycles. The van der Waals surface area contributed by atoms with Gasteiger partial charge in [-0.25, -0.2) is 0 Å². The highest BCUT2D eigenvalue weighted by Gasteiger charge is 2.02. The van der Waals surface area contributed by atoms with E-state index in [-0.39, 0.29) is 0 Å². The predicted octanol–water partition coefficient (Wildman–Crippen LogP) is 3.68. The molecule has 0 radical (unpaired) electrons. The van der Waals surface area contributed by atoms with Gasteiger partial charge in [0.2, 0.25) is 0 Å². The van der Waals surface area contributed by atoms with Crippen molar-refractivity contribution in [2.75, 3.05) is 5.73 Å². The Morgan fingerprint density at radius 3 is 2.53 bits per heavy atom. The molecule has 96 valence electrons. The molecule has 0 aliphatic carbocycles. The number of nitriles is 1. The lowest BCUT2D eigenvalue weighted by Crippen LogP contribution is -1.97. The van der Waals surface area contributed by atoms with Crippen molar-refractivity contribution in [2.24, 2.45) is 0 Å². The maximum atomic E-state index is 8.60. The summed E-state index contributed by atoms with van der Waals surface area (Å²) in [6, 6.07) is 15.3. The van der Waals surface area contributed by atoms with E-state index in [1.54, 1.807) is 0 Å². The summed E-state index contributed by atoms with van der Waals surface area (Å²) in [7, 11) is 0. The van der Waals surface area contributed by atoms with Gasteiger partial charge in [-0.3, -0.25) is 0 Å². The Balaban J connectivity index is 2.00. The van der Waals surface area contributed by atoms with Gasteiger partial charge < -0.3 is 10.5 Å². The van der Waals surface area contributed by atoms with Crippen molar-refractivity contribution in [1.82, 2.24) is 0 Å². The van der Waals surface area contributed by atoms with E-state index < -0.39 is 0 Å². The van der Waals surface area contributed by atoms with Crippen LogP contribution < -0.4 is 10.5 Å². The van der Waals surface area contributed by atoms with Gasteiger partial charge in [0, 0.05) is 15.7 Å². The van der Waals surface area contributed by atoms with Crippen LogP contribution >= 0.6 is 15.9 Å². The molecule has 2 aromatic carbocycles. The molecule has 2 rings (SSSR count). The van der Waals surface area contributed by atoms with E-state index in [0.29, 0.717) is 13.0 Å². The van der Waals surface area contributed by atoms with Crippen molar-refractivity contribution in [3.63, 3.8) is 0 Å². The molecule has 2 aromatic rings. The highest BCUT2D eigenvalue weighted by atomic mass is 79.9. The summed E-state index contributed by atoms with van der Waals surface area (Å²) >= 11 is 3.46. The second-order valence-corrected chi connectivity index (χ2v) is 4.97. The molecular formula is C15H13BrN2O. The highest BCUT2D eigenvalue weighted by molar-refractivity contribution is 9.10. The SMILES string of the molecule is N#CCc1ccc(OCc2ccc(N)cc2Br)cc1. The summed E-state index contributed by atoms with van der Waals surface area (Å²) < 4.78 is 6.63. The molecule has 19 heavy (non-hydrogen) atoms. The predicted molar refractivity (Wildman–Crippen MR) is 78.6 cm³/mol. The summed E-state index contributed by atoms with van der Waals surface area (Å²) in [5, 5.41) is 8.60. The summed E-state index contributed by atoms with van der Waals surface area (Å²) in [6.07, 6.45) is 0.420. The molecular weight excluding hydrogens is 304 g/mol. The molecule has 2 N–H and O–H groups in total. The lowest BCUT2D eigenvalue weighted by atomic mass is 10.1. The maximum absolute atomic E-state index is 8.60. The number of nitrogens with zero attached hydrogens (tertiary/aromatic N) is 1. The fraction of sp³-hybridized carbons (Fsp3) is 0.133. The Hall–Kier alpha value is -1.99. The van der Waals surface area contributed by atoms with Crippen LogP contribution in [-0.4, -0.2) is 0 Å². The van der Waals surface area contributed by atoms with Crippen LogP contribution in [-0.2, 0) is 13.0 Å². The molecule has 0 aliphatic rings. The second-order valence-electron chi connectivity index (χ2n) is 4.12. The van der Waals surface area contributed by atoms with Gasteiger partial charge in [0.1, 0.15) is 12.4 Å². The summed E-state index contributed by atoms with van der Waals surface area (Å²) in [5.74, 6) is 0.783. The quantitative estimate of drug-likeness (QED) is 0.875. The van der Waals surface area contributed by atoms with Crippen LogP contribution in [0.5, 0.6) is 5.75 Å². The Bertz CT molecular complexity index is 603. The number of benzene rings is 2. The summed E-state index contributed by atoms with van der Waals surface area (Å²) in [6.45, 7) is 0.471. The minimum Gasteiger partial charge on any atom is -0.489 e. The first kappa shape index (κ1) is 13.4. The zero-order valence-electron chi connectivity index (χ0n) is 10.3. The van der Waals surface area contributed by atoms with Crippen molar-refractivity contribution in [1.29, 1.82) is 5.26 Å². The molecule has 0 amide bonds. The molecule has 0 bridgehead atoms. The van der Waals surface area contributed by atoms with Crippen molar-refractivity contribution in [2.45, 2.75) is 13.0 Å². The number of rotatable bonds is 4. The van der Waals surface area contributed by atoms with Crippen molar-refractivity contribution in [3.8, 4) is 11.8 Å². The smallest absolute Gasteiger partial charge is 0.119 e. The first-order chi connectivity index (χ1) is 9.19. The van der Waals surface area contributed by atoms with Gasteiger partial charge in [-0.2, -0.15) is 5.26 Å². The van der Waals surface area contributed by atoms with E-state index in [1.807, 2.05) is 42.5 Å². The topological polar surface area (TPSA) is 59.0 Å². The second kappa shape index (κ2) is 6.26. The first-order valence-electron chi connectivity index (χ1n) is 5.81. The van der Waals surface area contributed by atoms with Gasteiger partial charge in [-0.15, -0.1) is 0 Å². The van der Waals surface area contributed by atoms with Crippen LogP contribution in [0.1, 0.15) is 11.1 Å². The van der Waals surface area contributed by atoms with Crippen molar-refractivity contribution < 1.29 is 4.74 Å². The number of hydrogen-bond donors (Lipinski definition) is 1. The molecule has 0 saturated carbocycles. The number of anilines is 1. The Morgan fingerprint density at radius 1 is 1.16 bits per heavy atom. The third kappa shape index (κ3) is 3.73. The van der Waals surface area contributed by atoms with Gasteiger partial charge >= 0.3 is 0 Å². The van der Waals surface area contributed by atoms with E-state index in [9.17, 15) is 0 Å². The molecule has 4 heteroatoms. The van der Waals surface area contributed by atoms with E-state index in [1.165, 1.54) is 0 Å². The minimum absolute atomic E-state index is 0.420. The number of nitrogen functional groups attached to an aromatic ring is 1. The fourth-order valence-corrected chi connectivity index (χ4v) is 2.15. The lowest BCUT2D eigenvalue weighted by Gasteiger charge is -2.09. The first-order valence-corrected chi connectivity index (χ1v) is 6.61. The average Bonchev–Trinajstić information content (AvgIpc) is 2.40. The Morgan fingerprint density at radius 2 is 1.89 bits per heavy atom. The van der Waals surface area contributed by atoms with Gasteiger partial charge in [0.05, 0.1) is 12.5 Å². The fourth-order valence-electron chi connectivity index (χ4n) is 1.64. The molecule has 0 unspecified atom stereocenters. The number of hydrogen-bond acceptors (Lipinski definition) is 3. The molecule has 0 fully saturated rings. The average molecular weight is 317 g/mol. The Labute approximate surface area is 120 Å². The van der Waals surface area contributed by atoms with Crippen LogP contribution in [0.4, 0.5) is 5.69 Å². The number of ether oxygens (including phenoxy) is 1. The number of nitrogens with two attached hydrogens (primary N) is 1. The standard InChI is InChI=1S/C15H13BrN2O/c16-15-9-13(18)4-3-12(15)10-19-14-5-1-11(2-6-14)7-8-17/h1-6,9H,7,10,18H2. The van der Waals surface area contributed by atoms with Crippen molar-refractivity contribution >= 4 is 21.6 Å². The Kier molecular flexibility index (Phi) is 4.43. The third-order valence-corrected chi connectivity index (χ3v) is 3.42. The lowest BCUT2D eigenvalue weighted by molar-refractivity contribution is 0.305. The van der Waals surface area contributed by atoms with Gasteiger partial charge in [-0.1, -0.05) is 34.1 Å². The zero-order chi connectivity index (χ0) is 13.7. The zero-order valence-corrected chi connectivity index (χ0v) is 11.9. The normalized spacial score (nSPS) is 9.89. The van der Waals surface area contributed by atoms with Crippen molar-refractivity contribution in [3.05, 3.63) is 58.1 Å². The molecule has 0 aliphatic heterocycles. The molecule has 0 heterocycles. The van der Waals surface area contributed by atoms with Crippen LogP contribution in [0.3, 0.4) is 0 Å². The van der Waals surface area contributed by atoms with Crippen LogP contribution in [0.25, 0.3) is 0 Å². The maximum Gasteiger partial charge on any atom is 0.119 e. The summed E-state index contributed by atoms with van der Waals surface area (Å²) in [4.78, 5) is 0. The van der Waals surface area contributed by atoms with Gasteiger partial charge in [-0.05, 0) is 29.8 Å².